The quantitative estimate of drug-likeness (QED) is 0.808. The molecule has 2 unspecified atom stereocenters. The first-order valence-corrected chi connectivity index (χ1v) is 11.3. The summed E-state index contributed by atoms with van der Waals surface area (Å²) in [6.45, 7) is 4.58. The number of piperidine rings is 1. The number of carboxylic acids is 1. The van der Waals surface area contributed by atoms with Gasteiger partial charge in [-0.1, -0.05) is 26.2 Å². The zero-order valence-corrected chi connectivity index (χ0v) is 17.5. The Hall–Kier alpha value is -1.89. The highest BCUT2D eigenvalue weighted by atomic mass is 32.1. The minimum Gasteiger partial charge on any atom is -0.481 e. The van der Waals surface area contributed by atoms with E-state index in [0.29, 0.717) is 25.4 Å². The van der Waals surface area contributed by atoms with Crippen molar-refractivity contribution >= 4 is 33.4 Å². The molecule has 2 aromatic rings. The molecule has 2 aliphatic rings. The topological polar surface area (TPSA) is 75.4 Å². The molecule has 28 heavy (non-hydrogen) atoms. The van der Waals surface area contributed by atoms with Crippen molar-refractivity contribution in [1.82, 2.24) is 14.7 Å². The Kier molecular flexibility index (Phi) is 5.45. The minimum atomic E-state index is -0.740. The summed E-state index contributed by atoms with van der Waals surface area (Å²) in [5, 5.41) is 15.2. The van der Waals surface area contributed by atoms with Crippen LogP contribution in [-0.2, 0) is 4.79 Å². The molecule has 1 aliphatic carbocycles. The molecule has 1 N–H and O–H groups in total. The average Bonchev–Trinajstić information content (AvgIpc) is 3.28. The summed E-state index contributed by atoms with van der Waals surface area (Å²) in [5.41, 5.74) is 0.993. The zero-order valence-electron chi connectivity index (χ0n) is 16.7. The van der Waals surface area contributed by atoms with Crippen LogP contribution < -0.4 is 0 Å². The lowest BCUT2D eigenvalue weighted by Gasteiger charge is -2.37. The Balaban J connectivity index is 1.60. The number of aryl methyl sites for hydroxylation is 1. The maximum Gasteiger partial charge on any atom is 0.306 e. The van der Waals surface area contributed by atoms with E-state index in [0.717, 1.165) is 40.1 Å². The van der Waals surface area contributed by atoms with Crippen molar-refractivity contribution in [2.75, 3.05) is 6.54 Å². The van der Waals surface area contributed by atoms with Gasteiger partial charge in [0.1, 0.15) is 4.83 Å². The average molecular weight is 404 g/mol. The Labute approximate surface area is 169 Å². The molecule has 6 nitrogen and oxygen atoms in total. The van der Waals surface area contributed by atoms with E-state index in [1.165, 1.54) is 19.3 Å². The molecule has 1 aliphatic heterocycles. The SMILES string of the molecule is CCC1CC(C(=O)O)CCN1C(=O)c1cc2c(C)nn(C3CCCCC3)c2s1. The Morgan fingerprint density at radius 2 is 2.00 bits per heavy atom. The lowest BCUT2D eigenvalue weighted by molar-refractivity contribution is -0.143. The number of hydrogen-bond donors (Lipinski definition) is 1. The first-order chi connectivity index (χ1) is 13.5. The number of aromatic nitrogens is 2. The number of likely N-dealkylation sites (tertiary alicyclic amines) is 1. The number of carboxylic acid groups (broad SMARTS) is 1. The molecule has 0 bridgehead atoms. The fourth-order valence-corrected chi connectivity index (χ4v) is 6.01. The van der Waals surface area contributed by atoms with Gasteiger partial charge in [-0.05, 0) is 45.1 Å². The predicted octanol–water partition coefficient (Wildman–Crippen LogP) is 4.63. The number of rotatable bonds is 4. The van der Waals surface area contributed by atoms with Gasteiger partial charge in [0.15, 0.2) is 0 Å². The van der Waals surface area contributed by atoms with E-state index in [4.69, 9.17) is 5.10 Å². The van der Waals surface area contributed by atoms with Gasteiger partial charge in [-0.15, -0.1) is 11.3 Å². The largest absolute Gasteiger partial charge is 0.481 e. The monoisotopic (exact) mass is 403 g/mol. The summed E-state index contributed by atoms with van der Waals surface area (Å²) in [6.07, 6.45) is 8.01. The summed E-state index contributed by atoms with van der Waals surface area (Å²) in [4.78, 5) is 28.4. The van der Waals surface area contributed by atoms with E-state index in [-0.39, 0.29) is 17.9 Å². The van der Waals surface area contributed by atoms with Gasteiger partial charge < -0.3 is 10.0 Å². The van der Waals surface area contributed by atoms with Crippen LogP contribution in [0.25, 0.3) is 10.2 Å². The number of carbonyl (C=O) groups is 2. The number of nitrogens with zero attached hydrogens (tertiary/aromatic N) is 3. The van der Waals surface area contributed by atoms with E-state index in [9.17, 15) is 14.7 Å². The highest BCUT2D eigenvalue weighted by Crippen LogP contribution is 2.36. The van der Waals surface area contributed by atoms with E-state index in [2.05, 4.69) is 4.68 Å². The van der Waals surface area contributed by atoms with Crippen LogP contribution in [-0.4, -0.2) is 44.3 Å². The van der Waals surface area contributed by atoms with Crippen molar-refractivity contribution in [3.63, 3.8) is 0 Å². The molecule has 3 heterocycles. The fraction of sp³-hybridized carbons (Fsp3) is 0.667. The van der Waals surface area contributed by atoms with Crippen LogP contribution in [0.2, 0.25) is 0 Å². The summed E-state index contributed by atoms with van der Waals surface area (Å²) < 4.78 is 2.17. The van der Waals surface area contributed by atoms with Crippen molar-refractivity contribution in [1.29, 1.82) is 0 Å². The minimum absolute atomic E-state index is 0.00324. The first-order valence-electron chi connectivity index (χ1n) is 10.5. The van der Waals surface area contributed by atoms with E-state index >= 15 is 0 Å². The summed E-state index contributed by atoms with van der Waals surface area (Å²) in [7, 11) is 0. The first kappa shape index (κ1) is 19.4. The smallest absolute Gasteiger partial charge is 0.306 e. The van der Waals surface area contributed by atoms with Gasteiger partial charge >= 0.3 is 5.97 Å². The molecule has 2 fully saturated rings. The summed E-state index contributed by atoms with van der Waals surface area (Å²) in [6, 6.07) is 2.45. The Morgan fingerprint density at radius 1 is 1.25 bits per heavy atom. The number of aliphatic carboxylic acids is 1. The molecular formula is C21H29N3O3S. The van der Waals surface area contributed by atoms with Crippen LogP contribution in [0.3, 0.4) is 0 Å². The molecule has 2 aromatic heterocycles. The van der Waals surface area contributed by atoms with Crippen LogP contribution in [0.1, 0.15) is 79.7 Å². The standard InChI is InChI=1S/C21H29N3O3S/c1-3-15-11-14(21(26)27)9-10-23(15)19(25)18-12-17-13(2)22-24(20(17)28-18)16-7-5-4-6-8-16/h12,14-16H,3-11H2,1-2H3,(H,26,27). The number of amides is 1. The molecular weight excluding hydrogens is 374 g/mol. The van der Waals surface area contributed by atoms with Crippen LogP contribution >= 0.6 is 11.3 Å². The summed E-state index contributed by atoms with van der Waals surface area (Å²) >= 11 is 1.55. The van der Waals surface area contributed by atoms with Gasteiger partial charge in [-0.2, -0.15) is 5.10 Å². The second kappa shape index (κ2) is 7.85. The van der Waals surface area contributed by atoms with Crippen LogP contribution in [0.4, 0.5) is 0 Å². The molecule has 7 heteroatoms. The molecule has 0 aromatic carbocycles. The molecule has 0 radical (unpaired) electrons. The van der Waals surface area contributed by atoms with Gasteiger partial charge in [0, 0.05) is 18.0 Å². The van der Waals surface area contributed by atoms with Gasteiger partial charge in [0.25, 0.3) is 5.91 Å². The van der Waals surface area contributed by atoms with Crippen LogP contribution in [0.5, 0.6) is 0 Å². The molecule has 4 rings (SSSR count). The highest BCUT2D eigenvalue weighted by Gasteiger charge is 2.35. The van der Waals surface area contributed by atoms with Crippen molar-refractivity contribution in [3.8, 4) is 0 Å². The third kappa shape index (κ3) is 3.45. The van der Waals surface area contributed by atoms with Crippen LogP contribution in [0.15, 0.2) is 6.07 Å². The lowest BCUT2D eigenvalue weighted by atomic mass is 9.89. The highest BCUT2D eigenvalue weighted by molar-refractivity contribution is 7.20. The van der Waals surface area contributed by atoms with Gasteiger partial charge in [-0.25, -0.2) is 0 Å². The third-order valence-electron chi connectivity index (χ3n) is 6.50. The Morgan fingerprint density at radius 3 is 2.68 bits per heavy atom. The molecule has 152 valence electrons. The molecule has 0 spiro atoms. The molecule has 1 saturated heterocycles. The molecule has 2 atom stereocenters. The normalized spacial score (nSPS) is 24.0. The maximum absolute atomic E-state index is 13.3. The maximum atomic E-state index is 13.3. The van der Waals surface area contributed by atoms with E-state index in [1.807, 2.05) is 24.8 Å². The molecule has 1 amide bonds. The predicted molar refractivity (Wildman–Crippen MR) is 110 cm³/mol. The Bertz CT molecular complexity index is 881. The second-order valence-electron chi connectivity index (χ2n) is 8.27. The van der Waals surface area contributed by atoms with Crippen molar-refractivity contribution in [2.45, 2.75) is 77.3 Å². The summed E-state index contributed by atoms with van der Waals surface area (Å²) in [5.74, 6) is -1.03. The van der Waals surface area contributed by atoms with Crippen molar-refractivity contribution < 1.29 is 14.7 Å². The van der Waals surface area contributed by atoms with Gasteiger partial charge in [0.05, 0.1) is 22.5 Å². The van der Waals surface area contributed by atoms with Gasteiger partial charge in [0.2, 0.25) is 0 Å². The lowest BCUT2D eigenvalue weighted by Crippen LogP contribution is -2.47. The van der Waals surface area contributed by atoms with Crippen molar-refractivity contribution in [2.24, 2.45) is 5.92 Å². The number of thiophene rings is 1. The number of fused-ring (bicyclic) bond motifs is 1. The molecule has 1 saturated carbocycles. The fourth-order valence-electron chi connectivity index (χ4n) is 4.82. The van der Waals surface area contributed by atoms with Crippen LogP contribution in [0, 0.1) is 12.8 Å². The zero-order chi connectivity index (χ0) is 19.8. The van der Waals surface area contributed by atoms with E-state index < -0.39 is 5.97 Å². The van der Waals surface area contributed by atoms with Crippen molar-refractivity contribution in [3.05, 3.63) is 16.6 Å². The van der Waals surface area contributed by atoms with E-state index in [1.54, 1.807) is 11.3 Å². The van der Waals surface area contributed by atoms with Gasteiger partial charge in [-0.3, -0.25) is 14.3 Å². The second-order valence-corrected chi connectivity index (χ2v) is 9.30. The number of hydrogen-bond acceptors (Lipinski definition) is 4. The third-order valence-corrected chi connectivity index (χ3v) is 7.61. The number of carbonyl (C=O) groups excluding carboxylic acids is 1.